The number of benzene rings is 1. The summed E-state index contributed by atoms with van der Waals surface area (Å²) in [6, 6.07) is 1.07. The van der Waals surface area contributed by atoms with E-state index in [0.29, 0.717) is 12.1 Å². The number of halogens is 2. The number of aliphatic hydroxyl groups is 2. The number of hydrogen-bond acceptors (Lipinski definition) is 5. The number of nitrogens with zero attached hydrogens (tertiary/aromatic N) is 1. The van der Waals surface area contributed by atoms with E-state index in [9.17, 15) is 18.9 Å². The van der Waals surface area contributed by atoms with Crippen molar-refractivity contribution < 1.29 is 23.9 Å². The summed E-state index contributed by atoms with van der Waals surface area (Å²) in [7, 11) is 0. The molecule has 1 unspecified atom stereocenters. The van der Waals surface area contributed by atoms with Crippen LogP contribution in [0.15, 0.2) is 12.1 Å². The smallest absolute Gasteiger partial charge is 0.295 e. The molecule has 0 aliphatic heterocycles. The van der Waals surface area contributed by atoms with Crippen LogP contribution in [0.4, 0.5) is 20.2 Å². The molecule has 1 aromatic rings. The van der Waals surface area contributed by atoms with Gasteiger partial charge in [0, 0.05) is 12.6 Å². The molecule has 8 heteroatoms. The fraction of sp³-hybridized carbons (Fsp3) is 0.333. The Labute approximate surface area is 94.6 Å². The van der Waals surface area contributed by atoms with E-state index in [-0.39, 0.29) is 12.2 Å². The van der Waals surface area contributed by atoms with Crippen molar-refractivity contribution in [2.24, 2.45) is 0 Å². The third kappa shape index (κ3) is 3.33. The maximum atomic E-state index is 12.9. The number of nitro benzene ring substituents is 1. The van der Waals surface area contributed by atoms with E-state index < -0.39 is 35.0 Å². The predicted molar refractivity (Wildman–Crippen MR) is 54.6 cm³/mol. The van der Waals surface area contributed by atoms with E-state index in [2.05, 4.69) is 5.32 Å². The van der Waals surface area contributed by atoms with E-state index in [1.165, 1.54) is 0 Å². The Morgan fingerprint density at radius 2 is 2.00 bits per heavy atom. The quantitative estimate of drug-likeness (QED) is 0.525. The lowest BCUT2D eigenvalue weighted by atomic mass is 10.2. The molecule has 0 aliphatic carbocycles. The average Bonchev–Trinajstić information content (AvgIpc) is 2.29. The van der Waals surface area contributed by atoms with Crippen molar-refractivity contribution in [3.05, 3.63) is 33.9 Å². The minimum atomic E-state index is -1.33. The van der Waals surface area contributed by atoms with Gasteiger partial charge in [-0.2, -0.15) is 0 Å². The van der Waals surface area contributed by atoms with E-state index in [1.54, 1.807) is 0 Å². The molecule has 1 rings (SSSR count). The van der Waals surface area contributed by atoms with E-state index in [4.69, 9.17) is 10.2 Å². The normalized spacial score (nSPS) is 12.2. The van der Waals surface area contributed by atoms with Crippen LogP contribution in [0.2, 0.25) is 0 Å². The molecule has 94 valence electrons. The Hall–Kier alpha value is -1.80. The molecule has 0 heterocycles. The van der Waals surface area contributed by atoms with Crippen molar-refractivity contribution in [2.75, 3.05) is 18.5 Å². The Kier molecular flexibility index (Phi) is 4.30. The lowest BCUT2D eigenvalue weighted by Crippen LogP contribution is -2.23. The summed E-state index contributed by atoms with van der Waals surface area (Å²) in [5.41, 5.74) is -0.907. The van der Waals surface area contributed by atoms with Gasteiger partial charge in [0.05, 0.1) is 23.7 Å². The largest absolute Gasteiger partial charge is 0.394 e. The number of nitrogens with one attached hydrogen (secondary N) is 1. The first-order valence-electron chi connectivity index (χ1n) is 4.62. The first-order valence-corrected chi connectivity index (χ1v) is 4.62. The summed E-state index contributed by atoms with van der Waals surface area (Å²) in [5.74, 6) is -2.57. The third-order valence-corrected chi connectivity index (χ3v) is 1.97. The minimum Gasteiger partial charge on any atom is -0.394 e. The Bertz CT molecular complexity index is 428. The van der Waals surface area contributed by atoms with Gasteiger partial charge in [-0.15, -0.1) is 0 Å². The molecule has 3 N–H and O–H groups in total. The van der Waals surface area contributed by atoms with Gasteiger partial charge in [-0.05, 0) is 0 Å². The molecule has 0 amide bonds. The number of rotatable bonds is 5. The van der Waals surface area contributed by atoms with E-state index in [0.717, 1.165) is 0 Å². The highest BCUT2D eigenvalue weighted by Crippen LogP contribution is 2.26. The number of nitro groups is 1. The van der Waals surface area contributed by atoms with Gasteiger partial charge in [0.15, 0.2) is 11.6 Å². The maximum Gasteiger partial charge on any atom is 0.295 e. The van der Waals surface area contributed by atoms with Gasteiger partial charge in [-0.3, -0.25) is 10.1 Å². The Morgan fingerprint density at radius 3 is 2.53 bits per heavy atom. The Morgan fingerprint density at radius 1 is 1.41 bits per heavy atom. The second-order valence-electron chi connectivity index (χ2n) is 3.26. The van der Waals surface area contributed by atoms with Crippen LogP contribution >= 0.6 is 0 Å². The van der Waals surface area contributed by atoms with Crippen LogP contribution in [0.3, 0.4) is 0 Å². The van der Waals surface area contributed by atoms with Crippen LogP contribution in [0.1, 0.15) is 0 Å². The summed E-state index contributed by atoms with van der Waals surface area (Å²) in [6.45, 7) is -0.771. The van der Waals surface area contributed by atoms with Crippen molar-refractivity contribution in [3.63, 3.8) is 0 Å². The molecule has 0 saturated carbocycles. The molecule has 0 fully saturated rings. The van der Waals surface area contributed by atoms with Gasteiger partial charge in [-0.1, -0.05) is 0 Å². The zero-order valence-electron chi connectivity index (χ0n) is 8.56. The molecule has 0 aromatic heterocycles. The molecule has 0 bridgehead atoms. The molecule has 6 nitrogen and oxygen atoms in total. The summed E-state index contributed by atoms with van der Waals surface area (Å²) >= 11 is 0. The third-order valence-electron chi connectivity index (χ3n) is 1.97. The van der Waals surface area contributed by atoms with Gasteiger partial charge in [-0.25, -0.2) is 8.78 Å². The first-order chi connectivity index (χ1) is 7.95. The highest BCUT2D eigenvalue weighted by Gasteiger charge is 2.18. The summed E-state index contributed by atoms with van der Waals surface area (Å²) in [4.78, 5) is 9.69. The van der Waals surface area contributed by atoms with Crippen LogP contribution in [-0.4, -0.2) is 34.4 Å². The topological polar surface area (TPSA) is 95.6 Å². The first kappa shape index (κ1) is 13.3. The molecule has 1 aromatic carbocycles. The molecule has 0 spiro atoms. The Balaban J connectivity index is 2.96. The summed E-state index contributed by atoms with van der Waals surface area (Å²) in [5, 5.41) is 30.5. The van der Waals surface area contributed by atoms with Gasteiger partial charge in [0.1, 0.15) is 5.69 Å². The number of anilines is 1. The molecule has 0 aliphatic rings. The zero-order chi connectivity index (χ0) is 13.0. The number of aliphatic hydroxyl groups excluding tert-OH is 2. The minimum absolute atomic E-state index is 0.220. The fourth-order valence-electron chi connectivity index (χ4n) is 1.12. The zero-order valence-corrected chi connectivity index (χ0v) is 8.56. The lowest BCUT2D eigenvalue weighted by molar-refractivity contribution is -0.384. The fourth-order valence-corrected chi connectivity index (χ4v) is 1.12. The van der Waals surface area contributed by atoms with Crippen molar-refractivity contribution in [1.29, 1.82) is 0 Å². The van der Waals surface area contributed by atoms with Crippen molar-refractivity contribution in [2.45, 2.75) is 6.10 Å². The van der Waals surface area contributed by atoms with Crippen LogP contribution in [0.5, 0.6) is 0 Å². The van der Waals surface area contributed by atoms with Crippen molar-refractivity contribution in [1.82, 2.24) is 0 Å². The SMILES string of the molecule is O=[N+]([O-])c1cc(F)c(F)cc1NCC(O)CO. The predicted octanol–water partition coefficient (Wildman–Crippen LogP) is 0.638. The van der Waals surface area contributed by atoms with E-state index >= 15 is 0 Å². The van der Waals surface area contributed by atoms with E-state index in [1.807, 2.05) is 0 Å². The van der Waals surface area contributed by atoms with Gasteiger partial charge < -0.3 is 15.5 Å². The van der Waals surface area contributed by atoms with Gasteiger partial charge in [0.2, 0.25) is 0 Å². The van der Waals surface area contributed by atoms with Crippen LogP contribution < -0.4 is 5.32 Å². The van der Waals surface area contributed by atoms with Crippen LogP contribution in [-0.2, 0) is 0 Å². The highest BCUT2D eigenvalue weighted by molar-refractivity contribution is 5.61. The monoisotopic (exact) mass is 248 g/mol. The van der Waals surface area contributed by atoms with Crippen LogP contribution in [0.25, 0.3) is 0 Å². The molecule has 0 radical (unpaired) electrons. The summed E-state index contributed by atoms with van der Waals surface area (Å²) in [6.07, 6.45) is -1.15. The van der Waals surface area contributed by atoms with Crippen molar-refractivity contribution in [3.8, 4) is 0 Å². The van der Waals surface area contributed by atoms with Crippen molar-refractivity contribution >= 4 is 11.4 Å². The highest BCUT2D eigenvalue weighted by atomic mass is 19.2. The molecular weight excluding hydrogens is 238 g/mol. The maximum absolute atomic E-state index is 12.9. The second-order valence-corrected chi connectivity index (χ2v) is 3.26. The second kappa shape index (κ2) is 5.51. The van der Waals surface area contributed by atoms with Crippen LogP contribution in [0, 0.1) is 21.7 Å². The number of hydrogen-bond donors (Lipinski definition) is 3. The average molecular weight is 248 g/mol. The molecule has 1 atom stereocenters. The summed E-state index contributed by atoms with van der Waals surface area (Å²) < 4.78 is 25.7. The standard InChI is InChI=1S/C9H10F2N2O4/c10-6-1-8(12-3-5(15)4-14)9(13(16)17)2-7(6)11/h1-2,5,12,14-15H,3-4H2. The molecular formula is C9H10F2N2O4. The molecule has 17 heavy (non-hydrogen) atoms. The van der Waals surface area contributed by atoms with Gasteiger partial charge in [0.25, 0.3) is 5.69 Å². The lowest BCUT2D eigenvalue weighted by Gasteiger charge is -2.10. The molecule has 0 saturated heterocycles. The van der Waals surface area contributed by atoms with Gasteiger partial charge >= 0.3 is 0 Å².